The summed E-state index contributed by atoms with van der Waals surface area (Å²) in [5.74, 6) is 0.249. The van der Waals surface area contributed by atoms with E-state index in [0.717, 1.165) is 23.8 Å². The molecule has 3 rings (SSSR count). The van der Waals surface area contributed by atoms with Crippen molar-refractivity contribution in [2.75, 3.05) is 11.9 Å². The number of rotatable bonds is 8. The van der Waals surface area contributed by atoms with Crippen LogP contribution in [0.3, 0.4) is 0 Å². The molecule has 0 fully saturated rings. The van der Waals surface area contributed by atoms with Gasteiger partial charge >= 0.3 is 6.18 Å². The first-order valence-electron chi connectivity index (χ1n) is 10.3. The van der Waals surface area contributed by atoms with Gasteiger partial charge in [-0.25, -0.2) is 0 Å². The van der Waals surface area contributed by atoms with E-state index < -0.39 is 17.6 Å². The Hall–Kier alpha value is -2.68. The van der Waals surface area contributed by atoms with Crippen LogP contribution in [-0.4, -0.2) is 12.5 Å². The smallest absolute Gasteiger partial charge is 0.416 e. The number of amides is 1. The summed E-state index contributed by atoms with van der Waals surface area (Å²) in [4.78, 5) is 12.3. The van der Waals surface area contributed by atoms with E-state index in [1.54, 1.807) is 18.2 Å². The number of anilines is 1. The standard InChI is InChI=1S/C25H19BrCl2F3NO3/c1-2-34-22-12-15(11-18(26)24(22)35-14-16-5-3-4-6-19(16)27)7-10-23(33)32-21-13-17(25(29,30)31)8-9-20(21)28/h3-13H,2,14H2,1H3,(H,32,33)/b10-7+. The first-order valence-corrected chi connectivity index (χ1v) is 11.8. The molecule has 184 valence electrons. The quantitative estimate of drug-likeness (QED) is 0.269. The predicted molar refractivity (Wildman–Crippen MR) is 135 cm³/mol. The van der Waals surface area contributed by atoms with Gasteiger partial charge in [0.15, 0.2) is 11.5 Å². The number of carbonyl (C=O) groups excluding carboxylic acids is 1. The van der Waals surface area contributed by atoms with E-state index >= 15 is 0 Å². The molecule has 0 saturated carbocycles. The lowest BCUT2D eigenvalue weighted by Crippen LogP contribution is -2.11. The number of halogens is 6. The van der Waals surface area contributed by atoms with Crippen molar-refractivity contribution < 1.29 is 27.4 Å². The molecule has 3 aromatic carbocycles. The van der Waals surface area contributed by atoms with Crippen LogP contribution in [0.2, 0.25) is 10.0 Å². The van der Waals surface area contributed by atoms with E-state index in [4.69, 9.17) is 32.7 Å². The number of hydrogen-bond donors (Lipinski definition) is 1. The summed E-state index contributed by atoms with van der Waals surface area (Å²) in [7, 11) is 0. The molecule has 0 aliphatic rings. The fourth-order valence-electron chi connectivity index (χ4n) is 3.00. The molecule has 0 heterocycles. The fraction of sp³-hybridized carbons (Fsp3) is 0.160. The Labute approximate surface area is 218 Å². The van der Waals surface area contributed by atoms with Gasteiger partial charge in [0, 0.05) is 16.7 Å². The van der Waals surface area contributed by atoms with Gasteiger partial charge in [-0.15, -0.1) is 0 Å². The van der Waals surface area contributed by atoms with Crippen molar-refractivity contribution in [3.05, 3.63) is 91.9 Å². The van der Waals surface area contributed by atoms with Crippen molar-refractivity contribution in [3.8, 4) is 11.5 Å². The summed E-state index contributed by atoms with van der Waals surface area (Å²) in [6.07, 6.45) is -1.89. The van der Waals surface area contributed by atoms with Crippen LogP contribution < -0.4 is 14.8 Å². The second-order valence-electron chi connectivity index (χ2n) is 7.16. The highest BCUT2D eigenvalue weighted by atomic mass is 79.9. The molecular weight excluding hydrogens is 570 g/mol. The summed E-state index contributed by atoms with van der Waals surface area (Å²) in [6.45, 7) is 2.41. The first-order chi connectivity index (χ1) is 16.6. The molecule has 1 N–H and O–H groups in total. The average molecular weight is 589 g/mol. The Morgan fingerprint density at radius 3 is 2.49 bits per heavy atom. The third-order valence-electron chi connectivity index (χ3n) is 4.64. The molecule has 0 bridgehead atoms. The lowest BCUT2D eigenvalue weighted by atomic mass is 10.1. The van der Waals surface area contributed by atoms with Crippen LogP contribution in [0.25, 0.3) is 6.08 Å². The summed E-state index contributed by atoms with van der Waals surface area (Å²) >= 11 is 15.6. The Morgan fingerprint density at radius 2 is 1.80 bits per heavy atom. The Bertz CT molecular complexity index is 1250. The molecule has 0 aromatic heterocycles. The highest BCUT2D eigenvalue weighted by Gasteiger charge is 2.31. The Morgan fingerprint density at radius 1 is 1.06 bits per heavy atom. The Balaban J connectivity index is 1.77. The molecule has 3 aromatic rings. The van der Waals surface area contributed by atoms with E-state index in [0.29, 0.717) is 33.2 Å². The second kappa shape index (κ2) is 11.8. The molecule has 0 aliphatic carbocycles. The SMILES string of the molecule is CCOc1cc(/C=C/C(=O)Nc2cc(C(F)(F)F)ccc2Cl)cc(Br)c1OCc1ccccc1Cl. The van der Waals surface area contributed by atoms with E-state index in [1.165, 1.54) is 12.2 Å². The van der Waals surface area contributed by atoms with E-state index in [9.17, 15) is 18.0 Å². The van der Waals surface area contributed by atoms with Gasteiger partial charge in [0.05, 0.1) is 27.4 Å². The summed E-state index contributed by atoms with van der Waals surface area (Å²) in [5, 5.41) is 2.93. The zero-order chi connectivity index (χ0) is 25.6. The average Bonchev–Trinajstić information content (AvgIpc) is 2.79. The van der Waals surface area contributed by atoms with Crippen LogP contribution >= 0.6 is 39.1 Å². The van der Waals surface area contributed by atoms with E-state index in [2.05, 4.69) is 21.2 Å². The van der Waals surface area contributed by atoms with Crippen molar-refractivity contribution in [2.24, 2.45) is 0 Å². The zero-order valence-electron chi connectivity index (χ0n) is 18.3. The maximum atomic E-state index is 12.9. The number of carbonyl (C=O) groups is 1. The van der Waals surface area contributed by atoms with Gasteiger partial charge in [0.25, 0.3) is 0 Å². The van der Waals surface area contributed by atoms with Gasteiger partial charge in [0.1, 0.15) is 6.61 Å². The molecule has 10 heteroatoms. The number of nitrogens with one attached hydrogen (secondary N) is 1. The van der Waals surface area contributed by atoms with Crippen LogP contribution in [0.15, 0.2) is 65.1 Å². The van der Waals surface area contributed by atoms with Gasteiger partial charge in [-0.05, 0) is 70.9 Å². The van der Waals surface area contributed by atoms with E-state index in [-0.39, 0.29) is 17.3 Å². The minimum Gasteiger partial charge on any atom is -0.490 e. The largest absolute Gasteiger partial charge is 0.490 e. The van der Waals surface area contributed by atoms with Crippen molar-refractivity contribution >= 4 is 56.8 Å². The predicted octanol–water partition coefficient (Wildman–Crippen LogP) is 8.40. The second-order valence-corrected chi connectivity index (χ2v) is 8.83. The number of benzene rings is 3. The normalized spacial score (nSPS) is 11.5. The minimum atomic E-state index is -4.56. The summed E-state index contributed by atoms with van der Waals surface area (Å²) < 4.78 is 51.0. The molecule has 35 heavy (non-hydrogen) atoms. The van der Waals surface area contributed by atoms with Gasteiger partial charge < -0.3 is 14.8 Å². The third kappa shape index (κ3) is 7.40. The van der Waals surface area contributed by atoms with Crippen molar-refractivity contribution in [3.63, 3.8) is 0 Å². The molecule has 0 saturated heterocycles. The number of hydrogen-bond acceptors (Lipinski definition) is 3. The maximum Gasteiger partial charge on any atom is 0.416 e. The van der Waals surface area contributed by atoms with Crippen LogP contribution in [-0.2, 0) is 17.6 Å². The molecular formula is C25H19BrCl2F3NO3. The van der Waals surface area contributed by atoms with Gasteiger partial charge in [0.2, 0.25) is 5.91 Å². The zero-order valence-corrected chi connectivity index (χ0v) is 21.4. The van der Waals surface area contributed by atoms with Crippen molar-refractivity contribution in [1.29, 1.82) is 0 Å². The van der Waals surface area contributed by atoms with Crippen molar-refractivity contribution in [1.82, 2.24) is 0 Å². The molecule has 0 radical (unpaired) electrons. The van der Waals surface area contributed by atoms with Gasteiger partial charge in [-0.1, -0.05) is 41.4 Å². The fourth-order valence-corrected chi connectivity index (χ4v) is 3.93. The summed E-state index contributed by atoms with van der Waals surface area (Å²) in [5.41, 5.74) is 0.336. The molecule has 1 amide bonds. The molecule has 0 spiro atoms. The third-order valence-corrected chi connectivity index (χ3v) is 5.93. The minimum absolute atomic E-state index is 0.0128. The Kier molecular flexibility index (Phi) is 9.10. The number of ether oxygens (including phenoxy) is 2. The van der Waals surface area contributed by atoms with Crippen LogP contribution in [0, 0.1) is 0 Å². The summed E-state index contributed by atoms with van der Waals surface area (Å²) in [6, 6.07) is 13.4. The van der Waals surface area contributed by atoms with E-state index in [1.807, 2.05) is 25.1 Å². The van der Waals surface area contributed by atoms with Crippen LogP contribution in [0.1, 0.15) is 23.6 Å². The lowest BCUT2D eigenvalue weighted by Gasteiger charge is -2.15. The lowest BCUT2D eigenvalue weighted by molar-refractivity contribution is -0.137. The van der Waals surface area contributed by atoms with Gasteiger partial charge in [-0.2, -0.15) is 13.2 Å². The molecule has 0 unspecified atom stereocenters. The van der Waals surface area contributed by atoms with Gasteiger partial charge in [-0.3, -0.25) is 4.79 Å². The maximum absolute atomic E-state index is 12.9. The van der Waals surface area contributed by atoms with Crippen LogP contribution in [0.5, 0.6) is 11.5 Å². The first kappa shape index (κ1) is 26.9. The van der Waals surface area contributed by atoms with Crippen molar-refractivity contribution in [2.45, 2.75) is 19.7 Å². The molecule has 0 aliphatic heterocycles. The number of alkyl halides is 3. The molecule has 4 nitrogen and oxygen atoms in total. The highest BCUT2D eigenvalue weighted by molar-refractivity contribution is 9.10. The molecule has 0 atom stereocenters. The highest BCUT2D eigenvalue weighted by Crippen LogP contribution is 2.38. The monoisotopic (exact) mass is 587 g/mol. The topological polar surface area (TPSA) is 47.6 Å². The van der Waals surface area contributed by atoms with Crippen LogP contribution in [0.4, 0.5) is 18.9 Å².